The Hall–Kier alpha value is -3.34. The van der Waals surface area contributed by atoms with E-state index in [0.29, 0.717) is 17.1 Å². The minimum Gasteiger partial charge on any atom is -0.507 e. The lowest BCUT2D eigenvalue weighted by Gasteiger charge is -2.34. The fourth-order valence-corrected chi connectivity index (χ4v) is 4.96. The summed E-state index contributed by atoms with van der Waals surface area (Å²) in [7, 11) is 0. The first kappa shape index (κ1) is 19.6. The van der Waals surface area contributed by atoms with Crippen molar-refractivity contribution in [1.82, 2.24) is 4.90 Å². The molecule has 31 heavy (non-hydrogen) atoms. The summed E-state index contributed by atoms with van der Waals surface area (Å²) in [6.07, 6.45) is 4.92. The van der Waals surface area contributed by atoms with Gasteiger partial charge in [0.15, 0.2) is 0 Å². The zero-order chi connectivity index (χ0) is 21.5. The van der Waals surface area contributed by atoms with Crippen LogP contribution in [0.15, 0.2) is 64.6 Å². The molecule has 1 amide bonds. The average Bonchev–Trinajstić information content (AvgIpc) is 3.34. The molecule has 1 aromatic heterocycles. The van der Waals surface area contributed by atoms with Crippen LogP contribution in [0.1, 0.15) is 55.2 Å². The summed E-state index contributed by atoms with van der Waals surface area (Å²) in [5.74, 6) is -0.121. The van der Waals surface area contributed by atoms with E-state index in [1.54, 1.807) is 17.0 Å². The van der Waals surface area contributed by atoms with Gasteiger partial charge < -0.3 is 14.4 Å². The number of carbonyl (C=O) groups is 2. The molecule has 2 heterocycles. The van der Waals surface area contributed by atoms with E-state index in [2.05, 4.69) is 0 Å². The van der Waals surface area contributed by atoms with E-state index in [0.717, 1.165) is 42.9 Å². The molecule has 1 saturated heterocycles. The van der Waals surface area contributed by atoms with Gasteiger partial charge in [-0.3, -0.25) is 9.59 Å². The number of benzene rings is 2. The second-order valence-electron chi connectivity index (χ2n) is 8.51. The van der Waals surface area contributed by atoms with Gasteiger partial charge in [0.05, 0.1) is 5.57 Å². The summed E-state index contributed by atoms with van der Waals surface area (Å²) in [6, 6.07) is 16.3. The maximum Gasteiger partial charge on any atom is 0.296 e. The first-order valence-electron chi connectivity index (χ1n) is 10.9. The molecule has 158 valence electrons. The topological polar surface area (TPSA) is 70.8 Å². The van der Waals surface area contributed by atoms with E-state index in [9.17, 15) is 14.7 Å². The Morgan fingerprint density at radius 3 is 2.42 bits per heavy atom. The van der Waals surface area contributed by atoms with Crippen molar-refractivity contribution >= 4 is 28.2 Å². The molecular formula is C26H25NO4. The summed E-state index contributed by atoms with van der Waals surface area (Å²) < 4.78 is 5.88. The van der Waals surface area contributed by atoms with Crippen LogP contribution in [0.2, 0.25) is 0 Å². The normalized spacial score (nSPS) is 21.8. The Morgan fingerprint density at radius 1 is 0.968 bits per heavy atom. The molecule has 5 nitrogen and oxygen atoms in total. The molecule has 0 bridgehead atoms. The van der Waals surface area contributed by atoms with Crippen LogP contribution in [0, 0.1) is 6.92 Å². The largest absolute Gasteiger partial charge is 0.507 e. The molecule has 1 unspecified atom stereocenters. The van der Waals surface area contributed by atoms with Gasteiger partial charge in [0.2, 0.25) is 0 Å². The van der Waals surface area contributed by atoms with Gasteiger partial charge in [0.1, 0.15) is 23.3 Å². The van der Waals surface area contributed by atoms with Crippen molar-refractivity contribution in [3.63, 3.8) is 0 Å². The predicted octanol–water partition coefficient (Wildman–Crippen LogP) is 5.50. The van der Waals surface area contributed by atoms with Gasteiger partial charge in [0, 0.05) is 11.6 Å². The van der Waals surface area contributed by atoms with Gasteiger partial charge in [-0.15, -0.1) is 0 Å². The first-order chi connectivity index (χ1) is 15.0. The maximum atomic E-state index is 13.2. The fraction of sp³-hybridized carbons (Fsp3) is 0.308. The van der Waals surface area contributed by atoms with Crippen LogP contribution in [-0.4, -0.2) is 27.7 Å². The van der Waals surface area contributed by atoms with Gasteiger partial charge in [-0.25, -0.2) is 0 Å². The number of nitrogens with zero attached hydrogens (tertiary/aromatic N) is 1. The molecule has 3 aromatic rings. The van der Waals surface area contributed by atoms with Crippen molar-refractivity contribution in [2.45, 2.75) is 51.1 Å². The third-order valence-corrected chi connectivity index (χ3v) is 6.50. The fourth-order valence-electron chi connectivity index (χ4n) is 4.96. The zero-order valence-corrected chi connectivity index (χ0v) is 17.5. The average molecular weight is 415 g/mol. The summed E-state index contributed by atoms with van der Waals surface area (Å²) in [6.45, 7) is 1.83. The van der Waals surface area contributed by atoms with Crippen molar-refractivity contribution < 1.29 is 19.1 Å². The lowest BCUT2D eigenvalue weighted by molar-refractivity contribution is -0.142. The molecule has 5 heteroatoms. The van der Waals surface area contributed by atoms with Crippen molar-refractivity contribution in [2.75, 3.05) is 0 Å². The number of fused-ring (bicyclic) bond motifs is 1. The minimum absolute atomic E-state index is 0.0255. The van der Waals surface area contributed by atoms with E-state index in [4.69, 9.17) is 4.42 Å². The van der Waals surface area contributed by atoms with Crippen molar-refractivity contribution in [2.24, 2.45) is 0 Å². The molecule has 1 saturated carbocycles. The number of hydrogen-bond donors (Lipinski definition) is 1. The highest BCUT2D eigenvalue weighted by atomic mass is 16.3. The number of hydrogen-bond acceptors (Lipinski definition) is 4. The highest BCUT2D eigenvalue weighted by Crippen LogP contribution is 2.43. The van der Waals surface area contributed by atoms with Crippen LogP contribution in [0.3, 0.4) is 0 Å². The lowest BCUT2D eigenvalue weighted by Crippen LogP contribution is -2.40. The number of rotatable bonds is 3. The smallest absolute Gasteiger partial charge is 0.296 e. The number of likely N-dealkylation sites (tertiary alicyclic amines) is 1. The van der Waals surface area contributed by atoms with Crippen LogP contribution in [0.4, 0.5) is 0 Å². The number of carbonyl (C=O) groups excluding carboxylic acids is 2. The van der Waals surface area contributed by atoms with Crippen LogP contribution >= 0.6 is 0 Å². The van der Waals surface area contributed by atoms with E-state index in [1.165, 1.54) is 0 Å². The number of ketones is 1. The molecule has 0 radical (unpaired) electrons. The van der Waals surface area contributed by atoms with Gasteiger partial charge in [0.25, 0.3) is 11.7 Å². The van der Waals surface area contributed by atoms with Crippen LogP contribution in [-0.2, 0) is 9.59 Å². The SMILES string of the molecule is Cc1ccc(C2/C(=C(/O)c3ccc4ccccc4c3)C(=O)C(=O)N2C2CCCCC2)o1. The monoisotopic (exact) mass is 415 g/mol. The van der Waals surface area contributed by atoms with E-state index >= 15 is 0 Å². The molecular weight excluding hydrogens is 390 g/mol. The number of Topliss-reactive ketones (excluding diaryl/α,β-unsaturated/α-hetero) is 1. The Labute approximate surface area is 181 Å². The maximum absolute atomic E-state index is 13.2. The molecule has 2 aromatic carbocycles. The number of amides is 1. The third-order valence-electron chi connectivity index (χ3n) is 6.50. The van der Waals surface area contributed by atoms with Crippen molar-refractivity contribution in [3.05, 3.63) is 77.3 Å². The van der Waals surface area contributed by atoms with Gasteiger partial charge >= 0.3 is 0 Å². The summed E-state index contributed by atoms with van der Waals surface area (Å²) in [4.78, 5) is 28.0. The quantitative estimate of drug-likeness (QED) is 0.349. The molecule has 1 atom stereocenters. The highest BCUT2D eigenvalue weighted by Gasteiger charge is 2.50. The second-order valence-corrected chi connectivity index (χ2v) is 8.51. The van der Waals surface area contributed by atoms with Gasteiger partial charge in [-0.2, -0.15) is 0 Å². The van der Waals surface area contributed by atoms with Crippen LogP contribution < -0.4 is 0 Å². The summed E-state index contributed by atoms with van der Waals surface area (Å²) >= 11 is 0. The lowest BCUT2D eigenvalue weighted by atomic mass is 9.92. The Bertz CT molecular complexity index is 1200. The molecule has 1 aliphatic heterocycles. The third kappa shape index (κ3) is 3.34. The predicted molar refractivity (Wildman–Crippen MR) is 118 cm³/mol. The number of aliphatic hydroxyl groups is 1. The van der Waals surface area contributed by atoms with E-state index in [1.807, 2.05) is 49.4 Å². The van der Waals surface area contributed by atoms with E-state index < -0.39 is 17.7 Å². The van der Waals surface area contributed by atoms with E-state index in [-0.39, 0.29) is 17.4 Å². The molecule has 2 fully saturated rings. The first-order valence-corrected chi connectivity index (χ1v) is 10.9. The number of furan rings is 1. The van der Waals surface area contributed by atoms with Crippen LogP contribution in [0.25, 0.3) is 16.5 Å². The summed E-state index contributed by atoms with van der Waals surface area (Å²) in [5, 5.41) is 13.3. The number of aliphatic hydroxyl groups excluding tert-OH is 1. The molecule has 5 rings (SSSR count). The Balaban J connectivity index is 1.66. The zero-order valence-electron chi connectivity index (χ0n) is 17.5. The Kier molecular flexibility index (Phi) is 4.89. The Morgan fingerprint density at radius 2 is 1.71 bits per heavy atom. The summed E-state index contributed by atoms with van der Waals surface area (Å²) in [5.41, 5.74) is 0.633. The standard InChI is InChI=1S/C26H25NO4/c1-16-11-14-21(31-16)23-22(25(29)26(30)27(23)20-9-3-2-4-10-20)24(28)19-13-12-17-7-5-6-8-18(17)15-19/h5-8,11-15,20,23,28H,2-4,9-10H2,1H3/b24-22-. The van der Waals surface area contributed by atoms with Crippen molar-refractivity contribution in [3.8, 4) is 0 Å². The molecule has 1 N–H and O–H groups in total. The van der Waals surface area contributed by atoms with Crippen LogP contribution in [0.5, 0.6) is 0 Å². The number of aryl methyl sites for hydroxylation is 1. The minimum atomic E-state index is -0.705. The second kappa shape index (κ2) is 7.73. The molecule has 2 aliphatic rings. The van der Waals surface area contributed by atoms with Crippen molar-refractivity contribution in [1.29, 1.82) is 0 Å². The molecule has 1 aliphatic carbocycles. The molecule has 0 spiro atoms. The van der Waals surface area contributed by atoms with Gasteiger partial charge in [-0.1, -0.05) is 55.7 Å². The highest BCUT2D eigenvalue weighted by molar-refractivity contribution is 6.46. The van der Waals surface area contributed by atoms with Gasteiger partial charge in [-0.05, 0) is 48.7 Å².